The van der Waals surface area contributed by atoms with Gasteiger partial charge in [-0.05, 0) is 30.5 Å². The van der Waals surface area contributed by atoms with E-state index in [1.54, 1.807) is 24.5 Å². The van der Waals surface area contributed by atoms with Gasteiger partial charge in [-0.2, -0.15) is 0 Å². The van der Waals surface area contributed by atoms with E-state index in [0.717, 1.165) is 36.9 Å². The first kappa shape index (κ1) is 17.5. The molecule has 1 aliphatic rings. The summed E-state index contributed by atoms with van der Waals surface area (Å²) in [6.45, 7) is 1.09. The topological polar surface area (TPSA) is 70.4 Å². The molecular formula is C19H26N4O2. The Bertz CT molecular complexity index is 669. The Hall–Kier alpha value is -2.34. The minimum Gasteiger partial charge on any atom is -0.393 e. The average Bonchev–Trinajstić information content (AvgIpc) is 3.16. The van der Waals surface area contributed by atoms with Crippen LogP contribution >= 0.6 is 0 Å². The minimum absolute atomic E-state index is 0.101. The minimum atomic E-state index is -0.278. The van der Waals surface area contributed by atoms with Crippen molar-refractivity contribution in [1.82, 2.24) is 19.8 Å². The summed E-state index contributed by atoms with van der Waals surface area (Å²) in [5.41, 5.74) is 2.08. The lowest BCUT2D eigenvalue weighted by molar-refractivity contribution is 0.0565. The molecule has 3 rings (SSSR count). The summed E-state index contributed by atoms with van der Waals surface area (Å²) in [5, 5.41) is 13.0. The van der Waals surface area contributed by atoms with Crippen molar-refractivity contribution in [1.29, 1.82) is 0 Å². The number of rotatable bonds is 5. The number of nitrogens with zero attached hydrogens (tertiary/aromatic N) is 3. The number of carbonyl (C=O) groups is 1. The second-order valence-corrected chi connectivity index (χ2v) is 6.79. The molecule has 1 saturated carbocycles. The maximum Gasteiger partial charge on any atom is 0.317 e. The molecule has 2 atom stereocenters. The Labute approximate surface area is 148 Å². The second kappa shape index (κ2) is 8.16. The molecule has 2 aromatic rings. The molecule has 0 bridgehead atoms. The van der Waals surface area contributed by atoms with Crippen LogP contribution in [0.5, 0.6) is 0 Å². The van der Waals surface area contributed by atoms with Crippen LogP contribution in [-0.2, 0) is 6.54 Å². The average molecular weight is 342 g/mol. The van der Waals surface area contributed by atoms with Crippen molar-refractivity contribution in [2.45, 2.75) is 38.3 Å². The van der Waals surface area contributed by atoms with Crippen LogP contribution in [-0.4, -0.2) is 45.3 Å². The number of carbonyl (C=O) groups excluding carboxylic acids is 1. The van der Waals surface area contributed by atoms with Gasteiger partial charge in [-0.1, -0.05) is 25.0 Å². The Balaban J connectivity index is 1.48. The Kier molecular flexibility index (Phi) is 5.71. The molecule has 1 aliphatic carbocycles. The van der Waals surface area contributed by atoms with Gasteiger partial charge in [-0.15, -0.1) is 0 Å². The normalized spacial score (nSPS) is 20.2. The van der Waals surface area contributed by atoms with Crippen LogP contribution in [0.2, 0.25) is 0 Å². The number of hydrogen-bond acceptors (Lipinski definition) is 3. The first-order valence-electron chi connectivity index (χ1n) is 8.88. The maximum absolute atomic E-state index is 12.3. The number of aliphatic hydroxyl groups excluding tert-OH is 1. The monoisotopic (exact) mass is 342 g/mol. The number of benzene rings is 1. The summed E-state index contributed by atoms with van der Waals surface area (Å²) in [5.74, 6) is 0.193. The SMILES string of the molecule is CN(CC1CCCCC1O)C(=O)NCc1ccc(-n2ccnc2)cc1. The number of hydrogen-bond donors (Lipinski definition) is 2. The summed E-state index contributed by atoms with van der Waals surface area (Å²) >= 11 is 0. The number of aromatic nitrogens is 2. The fourth-order valence-corrected chi connectivity index (χ4v) is 3.35. The molecule has 0 aliphatic heterocycles. The van der Waals surface area contributed by atoms with Gasteiger partial charge in [0.2, 0.25) is 0 Å². The highest BCUT2D eigenvalue weighted by atomic mass is 16.3. The van der Waals surface area contributed by atoms with Crippen molar-refractivity contribution in [3.63, 3.8) is 0 Å². The molecular weight excluding hydrogens is 316 g/mol. The molecule has 1 heterocycles. The van der Waals surface area contributed by atoms with Crippen LogP contribution < -0.4 is 5.32 Å². The highest BCUT2D eigenvalue weighted by Crippen LogP contribution is 2.24. The standard InChI is InChI=1S/C19H26N4O2/c1-22(13-16-4-2-3-5-18(16)24)19(25)21-12-15-6-8-17(9-7-15)23-11-10-20-14-23/h6-11,14,16,18,24H,2-5,12-13H2,1H3,(H,21,25). The third-order valence-corrected chi connectivity index (χ3v) is 4.91. The smallest absolute Gasteiger partial charge is 0.317 e. The fourth-order valence-electron chi connectivity index (χ4n) is 3.35. The van der Waals surface area contributed by atoms with Crippen LogP contribution in [0.1, 0.15) is 31.2 Å². The van der Waals surface area contributed by atoms with Gasteiger partial charge in [-0.3, -0.25) is 0 Å². The Morgan fingerprint density at radius 3 is 2.76 bits per heavy atom. The Morgan fingerprint density at radius 1 is 1.32 bits per heavy atom. The van der Waals surface area contributed by atoms with Gasteiger partial charge in [0.15, 0.2) is 0 Å². The molecule has 6 heteroatoms. The molecule has 6 nitrogen and oxygen atoms in total. The maximum atomic E-state index is 12.3. The molecule has 134 valence electrons. The molecule has 1 fully saturated rings. The van der Waals surface area contributed by atoms with E-state index in [1.165, 1.54) is 0 Å². The highest BCUT2D eigenvalue weighted by Gasteiger charge is 2.25. The molecule has 0 spiro atoms. The molecule has 0 radical (unpaired) electrons. The number of amides is 2. The van der Waals surface area contributed by atoms with Crippen molar-refractivity contribution in [3.8, 4) is 5.69 Å². The van der Waals surface area contributed by atoms with E-state index < -0.39 is 0 Å². The molecule has 2 unspecified atom stereocenters. The summed E-state index contributed by atoms with van der Waals surface area (Å²) < 4.78 is 1.94. The Morgan fingerprint density at radius 2 is 2.08 bits per heavy atom. The summed E-state index contributed by atoms with van der Waals surface area (Å²) in [4.78, 5) is 18.0. The van der Waals surface area contributed by atoms with Crippen molar-refractivity contribution in [3.05, 3.63) is 48.5 Å². The first-order chi connectivity index (χ1) is 12.1. The summed E-state index contributed by atoms with van der Waals surface area (Å²) in [7, 11) is 1.79. The molecule has 25 heavy (non-hydrogen) atoms. The number of aliphatic hydroxyl groups is 1. The van der Waals surface area contributed by atoms with E-state index >= 15 is 0 Å². The van der Waals surface area contributed by atoms with Gasteiger partial charge in [-0.25, -0.2) is 9.78 Å². The van der Waals surface area contributed by atoms with Crippen LogP contribution in [0.15, 0.2) is 43.0 Å². The predicted octanol–water partition coefficient (Wildman–Crippen LogP) is 2.56. The first-order valence-corrected chi connectivity index (χ1v) is 8.88. The molecule has 0 saturated heterocycles. The van der Waals surface area contributed by atoms with Crippen molar-refractivity contribution >= 4 is 6.03 Å². The number of imidazole rings is 1. The zero-order valence-corrected chi connectivity index (χ0v) is 14.6. The van der Waals surface area contributed by atoms with Crippen LogP contribution in [0.4, 0.5) is 4.79 Å². The van der Waals surface area contributed by atoms with E-state index in [2.05, 4.69) is 10.3 Å². The predicted molar refractivity (Wildman–Crippen MR) is 96.4 cm³/mol. The third kappa shape index (κ3) is 4.60. The quantitative estimate of drug-likeness (QED) is 0.877. The third-order valence-electron chi connectivity index (χ3n) is 4.91. The largest absolute Gasteiger partial charge is 0.393 e. The van der Waals surface area contributed by atoms with Crippen molar-refractivity contribution in [2.24, 2.45) is 5.92 Å². The van der Waals surface area contributed by atoms with E-state index in [1.807, 2.05) is 35.0 Å². The zero-order chi connectivity index (χ0) is 17.6. The van der Waals surface area contributed by atoms with Crippen LogP contribution in [0.25, 0.3) is 5.69 Å². The van der Waals surface area contributed by atoms with Gasteiger partial charge in [0.25, 0.3) is 0 Å². The lowest BCUT2D eigenvalue weighted by atomic mass is 9.86. The zero-order valence-electron chi connectivity index (χ0n) is 14.6. The molecule has 2 amide bonds. The fraction of sp³-hybridized carbons (Fsp3) is 0.474. The van der Waals surface area contributed by atoms with E-state index in [0.29, 0.717) is 13.1 Å². The lowest BCUT2D eigenvalue weighted by Gasteiger charge is -2.31. The van der Waals surface area contributed by atoms with Gasteiger partial charge >= 0.3 is 6.03 Å². The van der Waals surface area contributed by atoms with Crippen molar-refractivity contribution in [2.75, 3.05) is 13.6 Å². The van der Waals surface area contributed by atoms with Gasteiger partial charge in [0, 0.05) is 44.1 Å². The summed E-state index contributed by atoms with van der Waals surface area (Å²) in [6.07, 6.45) is 9.19. The number of nitrogens with one attached hydrogen (secondary N) is 1. The van der Waals surface area contributed by atoms with Gasteiger partial charge in [0.1, 0.15) is 0 Å². The lowest BCUT2D eigenvalue weighted by Crippen LogP contribution is -2.42. The van der Waals surface area contributed by atoms with Crippen LogP contribution in [0, 0.1) is 5.92 Å². The molecule has 1 aromatic heterocycles. The highest BCUT2D eigenvalue weighted by molar-refractivity contribution is 5.73. The van der Waals surface area contributed by atoms with E-state index in [-0.39, 0.29) is 18.1 Å². The second-order valence-electron chi connectivity index (χ2n) is 6.79. The molecule has 2 N–H and O–H groups in total. The number of urea groups is 1. The summed E-state index contributed by atoms with van der Waals surface area (Å²) in [6, 6.07) is 7.91. The van der Waals surface area contributed by atoms with Crippen LogP contribution in [0.3, 0.4) is 0 Å². The molecule has 1 aromatic carbocycles. The van der Waals surface area contributed by atoms with E-state index in [9.17, 15) is 9.90 Å². The van der Waals surface area contributed by atoms with Crippen molar-refractivity contribution < 1.29 is 9.90 Å². The van der Waals surface area contributed by atoms with Gasteiger partial charge in [0.05, 0.1) is 12.4 Å². The van der Waals surface area contributed by atoms with E-state index in [4.69, 9.17) is 0 Å². The van der Waals surface area contributed by atoms with Gasteiger partial charge < -0.3 is 19.9 Å².